The molecule has 0 spiro atoms. The number of benzene rings is 1. The summed E-state index contributed by atoms with van der Waals surface area (Å²) in [6.45, 7) is 10.2. The maximum Gasteiger partial charge on any atom is 0.494 e. The number of carbonyl (C=O) groups is 1. The van der Waals surface area contributed by atoms with Gasteiger partial charge in [-0.25, -0.2) is 14.6 Å². The van der Waals surface area contributed by atoms with Gasteiger partial charge in [-0.1, -0.05) is 24.3 Å². The number of carbonyl (C=O) groups excluding carboxylic acids is 1. The number of nitrogens with one attached hydrogen (secondary N) is 1. The maximum atomic E-state index is 13.0. The lowest BCUT2D eigenvalue weighted by Crippen LogP contribution is -2.37. The van der Waals surface area contributed by atoms with E-state index >= 15 is 0 Å². The lowest BCUT2D eigenvalue weighted by atomic mass is 9.78. The molecular weight excluding hydrogens is 405 g/mol. The number of hydrogen-bond acceptors (Lipinski definition) is 6. The Bertz CT molecular complexity index is 1170. The van der Waals surface area contributed by atoms with Crippen molar-refractivity contribution in [2.75, 3.05) is 0 Å². The van der Waals surface area contributed by atoms with E-state index in [1.54, 1.807) is 17.1 Å². The molecule has 9 heteroatoms. The lowest BCUT2D eigenvalue weighted by Gasteiger charge is -2.21. The molecule has 0 bridgehead atoms. The van der Waals surface area contributed by atoms with Crippen LogP contribution in [-0.2, 0) is 14.8 Å². The molecule has 1 unspecified atom stereocenters. The lowest BCUT2D eigenvalue weighted by molar-refractivity contribution is 0.0842. The fourth-order valence-corrected chi connectivity index (χ4v) is 4.06. The molecule has 1 saturated carbocycles. The highest BCUT2D eigenvalue weighted by molar-refractivity contribution is 6.62. The van der Waals surface area contributed by atoms with E-state index in [1.165, 1.54) is 0 Å². The van der Waals surface area contributed by atoms with Crippen LogP contribution in [0, 0.1) is 0 Å². The predicted octanol–water partition coefficient (Wildman–Crippen LogP) is 2.74. The molecule has 1 aliphatic heterocycles. The summed E-state index contributed by atoms with van der Waals surface area (Å²) in [6, 6.07) is 8.27. The van der Waals surface area contributed by atoms with Gasteiger partial charge in [0.1, 0.15) is 0 Å². The Morgan fingerprint density at radius 2 is 1.94 bits per heavy atom. The normalized spacial score (nSPS) is 21.3. The second kappa shape index (κ2) is 7.38. The molecule has 0 radical (unpaired) electrons. The molecule has 3 aromatic rings. The first-order valence-corrected chi connectivity index (χ1v) is 11.1. The highest BCUT2D eigenvalue weighted by atomic mass is 16.7. The summed E-state index contributed by atoms with van der Waals surface area (Å²) in [4.78, 5) is 21.8. The Balaban J connectivity index is 1.33. The number of rotatable bonds is 5. The minimum Gasteiger partial charge on any atom is -0.402 e. The maximum absolute atomic E-state index is 13.0. The summed E-state index contributed by atoms with van der Waals surface area (Å²) in [7, 11) is -0.371. The van der Waals surface area contributed by atoms with Crippen molar-refractivity contribution in [1.29, 1.82) is 0 Å². The van der Waals surface area contributed by atoms with Gasteiger partial charge in [-0.05, 0) is 58.5 Å². The molecule has 2 fully saturated rings. The van der Waals surface area contributed by atoms with E-state index in [0.717, 1.165) is 29.3 Å². The Labute approximate surface area is 187 Å². The van der Waals surface area contributed by atoms with Crippen LogP contribution in [0.2, 0.25) is 0 Å². The number of amides is 1. The van der Waals surface area contributed by atoms with E-state index in [0.29, 0.717) is 5.65 Å². The van der Waals surface area contributed by atoms with Crippen molar-refractivity contribution in [1.82, 2.24) is 25.1 Å². The quantitative estimate of drug-likeness (QED) is 0.623. The summed E-state index contributed by atoms with van der Waals surface area (Å²) >= 11 is 0. The molecule has 8 nitrogen and oxygen atoms in total. The van der Waals surface area contributed by atoms with Crippen LogP contribution >= 0.6 is 0 Å². The van der Waals surface area contributed by atoms with Crippen LogP contribution < -0.4 is 10.8 Å². The number of fused-ring (bicyclic) bond motifs is 1. The Kier molecular flexibility index (Phi) is 4.87. The monoisotopic (exact) mass is 433 g/mol. The number of hydrogen-bond donors (Lipinski definition) is 1. The molecule has 1 atom stereocenters. The summed E-state index contributed by atoms with van der Waals surface area (Å²) < 4.78 is 13.8. The van der Waals surface area contributed by atoms with Crippen LogP contribution in [0.5, 0.6) is 0 Å². The molecule has 166 valence electrons. The third-order valence-electron chi connectivity index (χ3n) is 6.58. The summed E-state index contributed by atoms with van der Waals surface area (Å²) in [5, 5.41) is 8.33. The third kappa shape index (κ3) is 3.59. The van der Waals surface area contributed by atoms with E-state index in [9.17, 15) is 4.79 Å². The zero-order valence-electron chi connectivity index (χ0n) is 19.1. The van der Waals surface area contributed by atoms with Gasteiger partial charge in [0.2, 0.25) is 5.82 Å². The minimum atomic E-state index is -0.379. The predicted molar refractivity (Wildman–Crippen MR) is 122 cm³/mol. The van der Waals surface area contributed by atoms with Gasteiger partial charge in [-0.15, -0.1) is 0 Å². The molecule has 3 heterocycles. The average Bonchev–Trinajstić information content (AvgIpc) is 3.31. The Morgan fingerprint density at radius 1 is 1.22 bits per heavy atom. The van der Waals surface area contributed by atoms with Gasteiger partial charge in [0, 0.05) is 12.2 Å². The van der Waals surface area contributed by atoms with Crippen molar-refractivity contribution in [2.24, 2.45) is 0 Å². The summed E-state index contributed by atoms with van der Waals surface area (Å²) in [5.74, 6) is -0.116. The van der Waals surface area contributed by atoms with Crippen molar-refractivity contribution in [2.45, 2.75) is 70.7 Å². The topological polar surface area (TPSA) is 91.2 Å². The van der Waals surface area contributed by atoms with E-state index < -0.39 is 0 Å². The standard InChI is InChI=1S/C23H28BN5O3/c1-14(2)29-20-16(13-26-29)12-25-19(27-20)21(30)28-23(10-11-23)17-6-8-18(9-7-17)24-31-15(3)22(4,5)32-24/h6-9,12-15H,10-11H2,1-5H3,(H,28,30). The van der Waals surface area contributed by atoms with Crippen molar-refractivity contribution >= 4 is 29.5 Å². The summed E-state index contributed by atoms with van der Waals surface area (Å²) in [6.07, 6.45) is 5.16. The second-order valence-electron chi connectivity index (χ2n) is 9.65. The van der Waals surface area contributed by atoms with Gasteiger partial charge in [-0.2, -0.15) is 5.10 Å². The van der Waals surface area contributed by atoms with E-state index in [4.69, 9.17) is 9.31 Å². The van der Waals surface area contributed by atoms with Crippen LogP contribution in [0.4, 0.5) is 0 Å². The first kappa shape index (κ1) is 21.1. The molecule has 2 aliphatic rings. The first-order chi connectivity index (χ1) is 15.2. The van der Waals surface area contributed by atoms with Gasteiger partial charge in [0.05, 0.1) is 28.8 Å². The number of aromatic nitrogens is 4. The fourth-order valence-electron chi connectivity index (χ4n) is 4.06. The SMILES string of the molecule is CC(C)n1ncc2cnc(C(=O)NC3(c4ccc(B5OC(C)C(C)(C)O5)cc4)CC3)nc21. The molecule has 1 amide bonds. The van der Waals surface area contributed by atoms with Gasteiger partial charge in [0.25, 0.3) is 5.91 Å². The average molecular weight is 433 g/mol. The molecule has 1 N–H and O–H groups in total. The van der Waals surface area contributed by atoms with Crippen molar-refractivity contribution < 1.29 is 14.1 Å². The van der Waals surface area contributed by atoms with E-state index in [-0.39, 0.29) is 42.1 Å². The van der Waals surface area contributed by atoms with Crippen LogP contribution in [0.15, 0.2) is 36.7 Å². The highest BCUT2D eigenvalue weighted by Crippen LogP contribution is 2.45. The molecule has 32 heavy (non-hydrogen) atoms. The number of nitrogens with zero attached hydrogens (tertiary/aromatic N) is 4. The molecule has 1 aliphatic carbocycles. The van der Waals surface area contributed by atoms with Gasteiger partial charge >= 0.3 is 7.12 Å². The molecule has 2 aromatic heterocycles. The zero-order chi connectivity index (χ0) is 22.7. The van der Waals surface area contributed by atoms with Gasteiger partial charge in [-0.3, -0.25) is 4.79 Å². The Morgan fingerprint density at radius 3 is 2.53 bits per heavy atom. The van der Waals surface area contributed by atoms with Gasteiger partial charge < -0.3 is 14.6 Å². The van der Waals surface area contributed by atoms with Crippen molar-refractivity contribution in [3.8, 4) is 0 Å². The first-order valence-electron chi connectivity index (χ1n) is 11.1. The Hall–Kier alpha value is -2.78. The smallest absolute Gasteiger partial charge is 0.402 e. The minimum absolute atomic E-state index is 0.0191. The molecule has 1 aromatic carbocycles. The van der Waals surface area contributed by atoms with E-state index in [1.807, 2.05) is 58.9 Å². The van der Waals surface area contributed by atoms with Crippen LogP contribution in [-0.4, -0.2) is 44.5 Å². The molecule has 1 saturated heterocycles. The highest BCUT2D eigenvalue weighted by Gasteiger charge is 2.47. The fraction of sp³-hybridized carbons (Fsp3) is 0.478. The van der Waals surface area contributed by atoms with Crippen molar-refractivity contribution in [3.05, 3.63) is 48.0 Å². The molecule has 5 rings (SSSR count). The molecular formula is C23H28BN5O3. The third-order valence-corrected chi connectivity index (χ3v) is 6.58. The van der Waals surface area contributed by atoms with Crippen molar-refractivity contribution in [3.63, 3.8) is 0 Å². The van der Waals surface area contributed by atoms with E-state index in [2.05, 4.69) is 20.4 Å². The summed E-state index contributed by atoms with van der Waals surface area (Å²) in [5.41, 5.74) is 2.01. The zero-order valence-corrected chi connectivity index (χ0v) is 19.1. The second-order valence-corrected chi connectivity index (χ2v) is 9.65. The van der Waals surface area contributed by atoms with Crippen LogP contribution in [0.3, 0.4) is 0 Å². The van der Waals surface area contributed by atoms with Gasteiger partial charge in [0.15, 0.2) is 5.65 Å². The van der Waals surface area contributed by atoms with Crippen LogP contribution in [0.1, 0.15) is 69.7 Å². The van der Waals surface area contributed by atoms with Crippen LogP contribution in [0.25, 0.3) is 11.0 Å². The largest absolute Gasteiger partial charge is 0.494 e.